The molecule has 7 nitrogen and oxygen atoms in total. The van der Waals surface area contributed by atoms with Gasteiger partial charge < -0.3 is 5.32 Å². The third kappa shape index (κ3) is 3.14. The molecule has 2 aromatic heterocycles. The molecule has 3 rings (SSSR count). The van der Waals surface area contributed by atoms with Crippen molar-refractivity contribution in [3.63, 3.8) is 0 Å². The molecule has 3 aromatic rings. The minimum absolute atomic E-state index is 0.224. The first-order valence-electron chi connectivity index (χ1n) is 6.76. The van der Waals surface area contributed by atoms with E-state index in [1.807, 2.05) is 31.6 Å². The fourth-order valence-electron chi connectivity index (χ4n) is 2.17. The third-order valence-electron chi connectivity index (χ3n) is 3.35. The van der Waals surface area contributed by atoms with Gasteiger partial charge in [-0.15, -0.1) is 5.10 Å². The van der Waals surface area contributed by atoms with E-state index in [0.29, 0.717) is 0 Å². The zero-order chi connectivity index (χ0) is 14.7. The van der Waals surface area contributed by atoms with Gasteiger partial charge in [0, 0.05) is 31.4 Å². The summed E-state index contributed by atoms with van der Waals surface area (Å²) < 4.78 is 3.46. The minimum atomic E-state index is 0.224. The van der Waals surface area contributed by atoms with Crippen LogP contribution in [0.15, 0.2) is 43.0 Å². The Morgan fingerprint density at radius 2 is 2.24 bits per heavy atom. The molecule has 0 saturated carbocycles. The van der Waals surface area contributed by atoms with Gasteiger partial charge in [-0.05, 0) is 35.0 Å². The summed E-state index contributed by atoms with van der Waals surface area (Å²) >= 11 is 0. The van der Waals surface area contributed by atoms with Crippen molar-refractivity contribution in [1.29, 1.82) is 0 Å². The zero-order valence-electron chi connectivity index (χ0n) is 12.0. The molecule has 1 atom stereocenters. The quantitative estimate of drug-likeness (QED) is 0.763. The van der Waals surface area contributed by atoms with E-state index in [1.54, 1.807) is 15.7 Å². The second-order valence-electron chi connectivity index (χ2n) is 4.97. The van der Waals surface area contributed by atoms with Crippen molar-refractivity contribution in [2.45, 2.75) is 19.5 Å². The number of tetrazole rings is 1. The van der Waals surface area contributed by atoms with E-state index in [-0.39, 0.29) is 6.04 Å². The second kappa shape index (κ2) is 5.84. The van der Waals surface area contributed by atoms with Gasteiger partial charge in [0.25, 0.3) is 0 Å². The molecule has 0 amide bonds. The predicted molar refractivity (Wildman–Crippen MR) is 77.6 cm³/mol. The smallest absolute Gasteiger partial charge is 0.143 e. The van der Waals surface area contributed by atoms with E-state index in [2.05, 4.69) is 45.0 Å². The van der Waals surface area contributed by atoms with E-state index in [0.717, 1.165) is 12.2 Å². The van der Waals surface area contributed by atoms with Gasteiger partial charge in [-0.3, -0.25) is 4.68 Å². The van der Waals surface area contributed by atoms with Gasteiger partial charge >= 0.3 is 0 Å². The van der Waals surface area contributed by atoms with Crippen LogP contribution in [0.4, 0.5) is 0 Å². The van der Waals surface area contributed by atoms with E-state index >= 15 is 0 Å². The van der Waals surface area contributed by atoms with Gasteiger partial charge in [-0.2, -0.15) is 5.10 Å². The van der Waals surface area contributed by atoms with Crippen LogP contribution in [0.3, 0.4) is 0 Å². The molecule has 1 aromatic carbocycles. The number of hydrogen-bond acceptors (Lipinski definition) is 5. The molecule has 0 aliphatic carbocycles. The molecule has 2 heterocycles. The first kappa shape index (κ1) is 13.4. The van der Waals surface area contributed by atoms with Gasteiger partial charge in [-0.25, -0.2) is 4.68 Å². The van der Waals surface area contributed by atoms with Crippen molar-refractivity contribution in [3.05, 3.63) is 54.1 Å². The molecule has 0 fully saturated rings. The summed E-state index contributed by atoms with van der Waals surface area (Å²) in [7, 11) is 1.92. The standard InChI is InChI=1S/C14H17N7/c1-11(15-7-12-8-17-20(2)9-12)13-4-3-5-14(6-13)21-10-16-18-19-21/h3-6,8-11,15H,7H2,1-2H3. The largest absolute Gasteiger partial charge is 0.306 e. The molecule has 0 aliphatic rings. The number of hydrogen-bond donors (Lipinski definition) is 1. The molecular formula is C14H17N7. The molecule has 1 N–H and O–H groups in total. The topological polar surface area (TPSA) is 73.5 Å². The Kier molecular flexibility index (Phi) is 3.74. The molecule has 0 bridgehead atoms. The summed E-state index contributed by atoms with van der Waals surface area (Å²) in [6, 6.07) is 8.38. The number of nitrogens with zero attached hydrogens (tertiary/aromatic N) is 6. The fraction of sp³-hybridized carbons (Fsp3) is 0.286. The lowest BCUT2D eigenvalue weighted by atomic mass is 10.1. The number of aryl methyl sites for hydroxylation is 1. The van der Waals surface area contributed by atoms with E-state index in [4.69, 9.17) is 0 Å². The van der Waals surface area contributed by atoms with Crippen LogP contribution < -0.4 is 5.32 Å². The van der Waals surface area contributed by atoms with Gasteiger partial charge in [0.05, 0.1) is 11.9 Å². The Bertz CT molecular complexity index is 702. The molecule has 0 spiro atoms. The number of aromatic nitrogens is 6. The Balaban J connectivity index is 1.69. The van der Waals surface area contributed by atoms with Crippen molar-refractivity contribution in [1.82, 2.24) is 35.3 Å². The van der Waals surface area contributed by atoms with Crippen LogP contribution in [0.1, 0.15) is 24.1 Å². The highest BCUT2D eigenvalue weighted by molar-refractivity contribution is 5.35. The van der Waals surface area contributed by atoms with Crippen LogP contribution in [-0.2, 0) is 13.6 Å². The molecule has 0 aliphatic heterocycles. The van der Waals surface area contributed by atoms with Gasteiger partial charge in [-0.1, -0.05) is 12.1 Å². The molecule has 0 radical (unpaired) electrons. The summed E-state index contributed by atoms with van der Waals surface area (Å²) in [5.74, 6) is 0. The predicted octanol–water partition coefficient (Wildman–Crippen LogP) is 1.25. The highest BCUT2D eigenvalue weighted by Gasteiger charge is 2.07. The normalized spacial score (nSPS) is 12.5. The van der Waals surface area contributed by atoms with Crippen LogP contribution in [-0.4, -0.2) is 30.0 Å². The Labute approximate surface area is 122 Å². The number of rotatable bonds is 5. The highest BCUT2D eigenvalue weighted by atomic mass is 15.5. The van der Waals surface area contributed by atoms with Crippen LogP contribution in [0.25, 0.3) is 5.69 Å². The lowest BCUT2D eigenvalue weighted by Crippen LogP contribution is -2.18. The number of nitrogens with one attached hydrogen (secondary N) is 1. The lowest BCUT2D eigenvalue weighted by Gasteiger charge is -2.14. The van der Waals surface area contributed by atoms with E-state index in [1.165, 1.54) is 11.1 Å². The van der Waals surface area contributed by atoms with E-state index in [9.17, 15) is 0 Å². The summed E-state index contributed by atoms with van der Waals surface area (Å²) in [6.45, 7) is 2.92. The van der Waals surface area contributed by atoms with Gasteiger partial charge in [0.15, 0.2) is 0 Å². The summed E-state index contributed by atoms with van der Waals surface area (Å²) in [5, 5.41) is 18.9. The monoisotopic (exact) mass is 283 g/mol. The molecule has 0 saturated heterocycles. The molecule has 1 unspecified atom stereocenters. The van der Waals surface area contributed by atoms with Gasteiger partial charge in [0.2, 0.25) is 0 Å². The fourth-order valence-corrected chi connectivity index (χ4v) is 2.17. The SMILES string of the molecule is CC(NCc1cnn(C)c1)c1cccc(-n2cnnn2)c1. The molecule has 7 heteroatoms. The molecule has 21 heavy (non-hydrogen) atoms. The maximum Gasteiger partial charge on any atom is 0.143 e. The van der Waals surface area contributed by atoms with Crippen molar-refractivity contribution in [2.75, 3.05) is 0 Å². The third-order valence-corrected chi connectivity index (χ3v) is 3.35. The van der Waals surface area contributed by atoms with Crippen molar-refractivity contribution < 1.29 is 0 Å². The maximum absolute atomic E-state index is 4.17. The Morgan fingerprint density at radius 3 is 2.95 bits per heavy atom. The van der Waals surface area contributed by atoms with Crippen LogP contribution in [0, 0.1) is 0 Å². The maximum atomic E-state index is 4.17. The van der Waals surface area contributed by atoms with Crippen LogP contribution >= 0.6 is 0 Å². The van der Waals surface area contributed by atoms with Crippen molar-refractivity contribution in [3.8, 4) is 5.69 Å². The number of benzene rings is 1. The van der Waals surface area contributed by atoms with Gasteiger partial charge in [0.1, 0.15) is 6.33 Å². The average molecular weight is 283 g/mol. The summed E-state index contributed by atoms with van der Waals surface area (Å²) in [4.78, 5) is 0. The zero-order valence-corrected chi connectivity index (χ0v) is 12.0. The molecular weight excluding hydrogens is 266 g/mol. The van der Waals surface area contributed by atoms with Crippen molar-refractivity contribution in [2.24, 2.45) is 7.05 Å². The second-order valence-corrected chi connectivity index (χ2v) is 4.97. The lowest BCUT2D eigenvalue weighted by molar-refractivity contribution is 0.574. The minimum Gasteiger partial charge on any atom is -0.306 e. The first-order valence-corrected chi connectivity index (χ1v) is 6.76. The first-order chi connectivity index (χ1) is 10.2. The highest BCUT2D eigenvalue weighted by Crippen LogP contribution is 2.16. The Hall–Kier alpha value is -2.54. The summed E-state index contributed by atoms with van der Waals surface area (Å²) in [6.07, 6.45) is 5.47. The van der Waals surface area contributed by atoms with Crippen LogP contribution in [0.5, 0.6) is 0 Å². The molecule has 108 valence electrons. The van der Waals surface area contributed by atoms with Crippen LogP contribution in [0.2, 0.25) is 0 Å². The summed E-state index contributed by atoms with van der Waals surface area (Å²) in [5.41, 5.74) is 3.31. The van der Waals surface area contributed by atoms with E-state index < -0.39 is 0 Å². The average Bonchev–Trinajstić information content (AvgIpc) is 3.16. The Morgan fingerprint density at radius 1 is 1.33 bits per heavy atom. The van der Waals surface area contributed by atoms with Crippen molar-refractivity contribution >= 4 is 0 Å².